The van der Waals surface area contributed by atoms with Crippen LogP contribution in [0.5, 0.6) is 0 Å². The number of aromatic nitrogens is 2. The van der Waals surface area contributed by atoms with E-state index in [0.717, 1.165) is 6.42 Å². The van der Waals surface area contributed by atoms with Crippen LogP contribution in [0.15, 0.2) is 6.07 Å². The molecule has 1 amide bonds. The van der Waals surface area contributed by atoms with E-state index in [1.165, 1.54) is 0 Å². The van der Waals surface area contributed by atoms with E-state index in [1.807, 2.05) is 11.8 Å². The third-order valence-corrected chi connectivity index (χ3v) is 2.32. The van der Waals surface area contributed by atoms with Crippen molar-refractivity contribution >= 4 is 29.3 Å². The highest BCUT2D eigenvalue weighted by Crippen LogP contribution is 2.17. The van der Waals surface area contributed by atoms with Gasteiger partial charge in [0.2, 0.25) is 11.9 Å². The van der Waals surface area contributed by atoms with Crippen molar-refractivity contribution in [3.05, 3.63) is 11.2 Å². The largest absolute Gasteiger partial charge is 0.368 e. The predicted molar refractivity (Wildman–Crippen MR) is 68.0 cm³/mol. The lowest BCUT2D eigenvalue weighted by molar-refractivity contribution is -0.119. The highest BCUT2D eigenvalue weighted by molar-refractivity contribution is 6.29. The highest BCUT2D eigenvalue weighted by atomic mass is 35.5. The number of nitrogen functional groups attached to an aromatic ring is 1. The van der Waals surface area contributed by atoms with Crippen LogP contribution in [0.2, 0.25) is 5.15 Å². The molecule has 0 aliphatic carbocycles. The van der Waals surface area contributed by atoms with Crippen molar-refractivity contribution in [2.24, 2.45) is 0 Å². The summed E-state index contributed by atoms with van der Waals surface area (Å²) in [6, 6.07) is 1.59. The van der Waals surface area contributed by atoms with E-state index in [9.17, 15) is 4.79 Å². The maximum atomic E-state index is 11.4. The van der Waals surface area contributed by atoms with Crippen molar-refractivity contribution < 1.29 is 4.79 Å². The fourth-order valence-corrected chi connectivity index (χ4v) is 1.57. The Bertz CT molecular complexity index is 378. The lowest BCUT2D eigenvalue weighted by atomic mass is 10.3. The number of nitrogens with one attached hydrogen (secondary N) is 1. The van der Waals surface area contributed by atoms with Crippen LogP contribution in [-0.2, 0) is 4.79 Å². The number of nitrogens with two attached hydrogens (primary N) is 1. The minimum absolute atomic E-state index is 0.0910. The molecule has 0 saturated heterocycles. The second-order valence-electron chi connectivity index (χ2n) is 3.50. The number of rotatable bonds is 5. The van der Waals surface area contributed by atoms with Crippen molar-refractivity contribution in [2.75, 3.05) is 30.8 Å². The van der Waals surface area contributed by atoms with Crippen LogP contribution in [0.1, 0.15) is 13.3 Å². The van der Waals surface area contributed by atoms with E-state index in [-0.39, 0.29) is 23.6 Å². The topological polar surface area (TPSA) is 84.1 Å². The zero-order valence-corrected chi connectivity index (χ0v) is 10.7. The fourth-order valence-electron chi connectivity index (χ4n) is 1.38. The average Bonchev–Trinajstić information content (AvgIpc) is 2.27. The van der Waals surface area contributed by atoms with Gasteiger partial charge in [-0.15, -0.1) is 0 Å². The molecule has 17 heavy (non-hydrogen) atoms. The molecule has 0 aromatic carbocycles. The Labute approximate surface area is 105 Å². The van der Waals surface area contributed by atoms with Gasteiger partial charge in [-0.1, -0.05) is 18.5 Å². The third kappa shape index (κ3) is 4.07. The van der Waals surface area contributed by atoms with Crippen LogP contribution in [-0.4, -0.2) is 36.0 Å². The molecular formula is C10H16ClN5O. The summed E-state index contributed by atoms with van der Waals surface area (Å²) in [5, 5.41) is 2.83. The molecule has 7 heteroatoms. The Hall–Kier alpha value is -1.56. The molecule has 0 atom stereocenters. The van der Waals surface area contributed by atoms with Gasteiger partial charge in [0.25, 0.3) is 0 Å². The molecule has 1 heterocycles. The minimum atomic E-state index is -0.0910. The molecule has 0 spiro atoms. The van der Waals surface area contributed by atoms with E-state index in [0.29, 0.717) is 12.4 Å². The number of amides is 1. The van der Waals surface area contributed by atoms with Gasteiger partial charge in [0.05, 0.1) is 6.54 Å². The lowest BCUT2D eigenvalue weighted by Crippen LogP contribution is -2.36. The van der Waals surface area contributed by atoms with Gasteiger partial charge in [-0.25, -0.2) is 4.98 Å². The Morgan fingerprint density at radius 2 is 2.29 bits per heavy atom. The molecule has 3 N–H and O–H groups in total. The van der Waals surface area contributed by atoms with Crippen LogP contribution in [0.4, 0.5) is 11.8 Å². The summed E-state index contributed by atoms with van der Waals surface area (Å²) in [5.41, 5.74) is 5.52. The SMILES string of the molecule is CCCN(CC(=O)NC)c1cc(Cl)nc(N)n1. The first kappa shape index (κ1) is 13.5. The van der Waals surface area contributed by atoms with Crippen LogP contribution < -0.4 is 16.0 Å². The van der Waals surface area contributed by atoms with Gasteiger partial charge in [0, 0.05) is 19.7 Å². The summed E-state index contributed by atoms with van der Waals surface area (Å²) in [6.07, 6.45) is 0.887. The number of likely N-dealkylation sites (N-methyl/N-ethyl adjacent to an activating group) is 1. The van der Waals surface area contributed by atoms with E-state index >= 15 is 0 Å². The van der Waals surface area contributed by atoms with Gasteiger partial charge >= 0.3 is 0 Å². The van der Waals surface area contributed by atoms with Crippen molar-refractivity contribution in [3.8, 4) is 0 Å². The zero-order valence-electron chi connectivity index (χ0n) is 9.90. The van der Waals surface area contributed by atoms with E-state index in [4.69, 9.17) is 17.3 Å². The maximum absolute atomic E-state index is 11.4. The summed E-state index contributed by atoms with van der Waals surface area (Å²) < 4.78 is 0. The number of carbonyl (C=O) groups excluding carboxylic acids is 1. The third-order valence-electron chi connectivity index (χ3n) is 2.13. The number of halogens is 1. The first-order chi connectivity index (χ1) is 8.06. The summed E-state index contributed by atoms with van der Waals surface area (Å²) in [6.45, 7) is 2.93. The summed E-state index contributed by atoms with van der Waals surface area (Å²) >= 11 is 5.81. The van der Waals surface area contributed by atoms with Gasteiger partial charge in [-0.3, -0.25) is 4.79 Å². The number of hydrogen-bond acceptors (Lipinski definition) is 5. The first-order valence-electron chi connectivity index (χ1n) is 5.32. The molecule has 1 rings (SSSR count). The Morgan fingerprint density at radius 3 is 2.82 bits per heavy atom. The first-order valence-corrected chi connectivity index (χ1v) is 5.70. The standard InChI is InChI=1S/C10H16ClN5O/c1-3-4-16(6-9(17)13-2)8-5-7(11)14-10(12)15-8/h5H,3-4,6H2,1-2H3,(H,13,17)(H2,12,14,15). The summed E-state index contributed by atoms with van der Waals surface area (Å²) in [4.78, 5) is 21.0. The quantitative estimate of drug-likeness (QED) is 0.758. The molecule has 6 nitrogen and oxygen atoms in total. The van der Waals surface area contributed by atoms with Crippen LogP contribution in [0, 0.1) is 0 Å². The second kappa shape index (κ2) is 6.24. The van der Waals surface area contributed by atoms with Gasteiger partial charge in [0.15, 0.2) is 0 Å². The fraction of sp³-hybridized carbons (Fsp3) is 0.500. The van der Waals surface area contributed by atoms with Crippen molar-refractivity contribution in [3.63, 3.8) is 0 Å². The van der Waals surface area contributed by atoms with E-state index < -0.39 is 0 Å². The summed E-state index contributed by atoms with van der Waals surface area (Å²) in [7, 11) is 1.59. The molecule has 0 radical (unpaired) electrons. The van der Waals surface area contributed by atoms with Gasteiger partial charge < -0.3 is 16.0 Å². The molecule has 0 aliphatic rings. The minimum Gasteiger partial charge on any atom is -0.368 e. The summed E-state index contributed by atoms with van der Waals surface area (Å²) in [5.74, 6) is 0.574. The Morgan fingerprint density at radius 1 is 1.59 bits per heavy atom. The molecule has 0 aliphatic heterocycles. The Balaban J connectivity index is 2.91. The van der Waals surface area contributed by atoms with E-state index in [1.54, 1.807) is 13.1 Å². The molecule has 0 bridgehead atoms. The number of hydrogen-bond donors (Lipinski definition) is 2. The lowest BCUT2D eigenvalue weighted by Gasteiger charge is -2.22. The predicted octanol–water partition coefficient (Wildman–Crippen LogP) is 0.675. The molecule has 1 aromatic rings. The molecule has 1 aromatic heterocycles. The van der Waals surface area contributed by atoms with Crippen LogP contribution in [0.3, 0.4) is 0 Å². The normalized spacial score (nSPS) is 10.1. The smallest absolute Gasteiger partial charge is 0.239 e. The molecule has 0 unspecified atom stereocenters. The number of nitrogens with zero attached hydrogens (tertiary/aromatic N) is 3. The average molecular weight is 258 g/mol. The van der Waals surface area contributed by atoms with Gasteiger partial charge in [0.1, 0.15) is 11.0 Å². The van der Waals surface area contributed by atoms with E-state index in [2.05, 4.69) is 15.3 Å². The van der Waals surface area contributed by atoms with Crippen LogP contribution >= 0.6 is 11.6 Å². The molecule has 94 valence electrons. The zero-order chi connectivity index (χ0) is 12.8. The molecular weight excluding hydrogens is 242 g/mol. The Kier molecular flexibility index (Phi) is 4.96. The van der Waals surface area contributed by atoms with Crippen molar-refractivity contribution in [1.82, 2.24) is 15.3 Å². The number of carbonyl (C=O) groups is 1. The second-order valence-corrected chi connectivity index (χ2v) is 3.89. The molecule has 0 saturated carbocycles. The van der Waals surface area contributed by atoms with Crippen LogP contribution in [0.25, 0.3) is 0 Å². The van der Waals surface area contributed by atoms with Crippen molar-refractivity contribution in [1.29, 1.82) is 0 Å². The molecule has 0 fully saturated rings. The van der Waals surface area contributed by atoms with Gasteiger partial charge in [-0.2, -0.15) is 4.98 Å². The maximum Gasteiger partial charge on any atom is 0.239 e. The van der Waals surface area contributed by atoms with Gasteiger partial charge in [-0.05, 0) is 6.42 Å². The van der Waals surface area contributed by atoms with Crippen molar-refractivity contribution in [2.45, 2.75) is 13.3 Å². The highest BCUT2D eigenvalue weighted by Gasteiger charge is 2.12. The number of anilines is 2. The monoisotopic (exact) mass is 257 g/mol.